The molecule has 11 nitrogen and oxygen atoms in total. The van der Waals surface area contributed by atoms with Gasteiger partial charge in [-0.15, -0.1) is 0 Å². The molecule has 2 heterocycles. The molecule has 2 aliphatic heterocycles. The molecule has 0 unspecified atom stereocenters. The predicted octanol–water partition coefficient (Wildman–Crippen LogP) is -0.449. The molecular formula is C21H37KN2O9S3. The van der Waals surface area contributed by atoms with Gasteiger partial charge < -0.3 is 36.7 Å². The molecule has 36 heavy (non-hydrogen) atoms. The number of ether oxygens (including phenoxy) is 2. The molecule has 0 aromatic rings. The first-order valence-corrected chi connectivity index (χ1v) is 13.9. The zero-order valence-corrected chi connectivity index (χ0v) is 28.3. The summed E-state index contributed by atoms with van der Waals surface area (Å²) in [6.45, 7) is 15.4. The maximum absolute atomic E-state index is 11.5. The van der Waals surface area contributed by atoms with E-state index in [2.05, 4.69) is 12.6 Å². The minimum absolute atomic E-state index is 0. The van der Waals surface area contributed by atoms with Crippen LogP contribution >= 0.6 is 11.8 Å². The van der Waals surface area contributed by atoms with Gasteiger partial charge in [0.25, 0.3) is 10.1 Å². The van der Waals surface area contributed by atoms with E-state index in [4.69, 9.17) is 13.7 Å². The average Bonchev–Trinajstić information content (AvgIpc) is 2.49. The number of thioether (sulfide) groups is 1. The van der Waals surface area contributed by atoms with Crippen LogP contribution < -0.4 is 51.4 Å². The fraction of sp³-hybridized carbons (Fsp3) is 0.810. The summed E-state index contributed by atoms with van der Waals surface area (Å²) in [5.41, 5.74) is -0.990. The van der Waals surface area contributed by atoms with E-state index in [1.54, 1.807) is 32.6 Å². The number of amides is 2. The zero-order valence-electron chi connectivity index (χ0n) is 22.8. The second-order valence-corrected chi connectivity index (χ2v) is 13.6. The Morgan fingerprint density at radius 3 is 1.44 bits per heavy atom. The van der Waals surface area contributed by atoms with Crippen LogP contribution in [0.5, 0.6) is 0 Å². The molecule has 2 aliphatic rings. The van der Waals surface area contributed by atoms with E-state index >= 15 is 0 Å². The molecule has 0 radical (unpaired) electrons. The molecule has 0 aliphatic carbocycles. The molecule has 15 heteroatoms. The Morgan fingerprint density at radius 2 is 1.17 bits per heavy atom. The molecule has 2 fully saturated rings. The van der Waals surface area contributed by atoms with Crippen LogP contribution in [0, 0.1) is 0 Å². The van der Waals surface area contributed by atoms with Gasteiger partial charge in [0.15, 0.2) is 5.12 Å². The molecule has 0 bridgehead atoms. The Bertz CT molecular complexity index is 855. The number of carbonyl (C=O) groups excluding carboxylic acids is 4. The summed E-state index contributed by atoms with van der Waals surface area (Å²) < 4.78 is 36.6. The number of hydrogen-bond acceptors (Lipinski definition) is 11. The number of nitrogens with zero attached hydrogens (tertiary/aromatic N) is 2. The molecular weight excluding hydrogens is 560 g/mol. The Hall–Kier alpha value is -0.00364. The van der Waals surface area contributed by atoms with Crippen LogP contribution in [0.3, 0.4) is 0 Å². The van der Waals surface area contributed by atoms with Crippen molar-refractivity contribution < 1.29 is 92.6 Å². The van der Waals surface area contributed by atoms with Gasteiger partial charge in [-0.1, -0.05) is 11.8 Å². The van der Waals surface area contributed by atoms with E-state index in [0.29, 0.717) is 13.1 Å². The van der Waals surface area contributed by atoms with Crippen LogP contribution in [0.25, 0.3) is 0 Å². The van der Waals surface area contributed by atoms with Gasteiger partial charge in [-0.05, 0) is 48.5 Å². The quantitative estimate of drug-likeness (QED) is 0.238. The van der Waals surface area contributed by atoms with Crippen molar-refractivity contribution in [3.05, 3.63) is 0 Å². The number of rotatable bonds is 3. The van der Waals surface area contributed by atoms with Crippen molar-refractivity contribution >= 4 is 56.9 Å². The standard InChI is InChI=1S/C10H17NO3S.C9H17NO5S.C2H4OS.K/c1-7(12)15-8-5-11(6-8)9(13)14-10(2,3)4;1-9(2,3)14-8(11)10-5-7(6-10)15-16(4,12)13;1-2(3)4;/h8H,5-6H2,1-4H3;7H,5-6H2,1-4H3;1H3,(H,3,4);/q;;;+1/p-1. The molecule has 204 valence electrons. The van der Waals surface area contributed by atoms with Gasteiger partial charge in [0, 0.05) is 30.4 Å². The molecule has 2 rings (SSSR count). The van der Waals surface area contributed by atoms with E-state index in [9.17, 15) is 27.6 Å². The smallest absolute Gasteiger partial charge is 0.742 e. The largest absolute Gasteiger partial charge is 1.00 e. The van der Waals surface area contributed by atoms with Gasteiger partial charge in [-0.2, -0.15) is 8.42 Å². The first kappa shape index (κ1) is 38.1. The van der Waals surface area contributed by atoms with Gasteiger partial charge in [0.05, 0.1) is 19.3 Å². The third kappa shape index (κ3) is 20.0. The van der Waals surface area contributed by atoms with Crippen LogP contribution in [0.4, 0.5) is 9.59 Å². The third-order valence-electron chi connectivity index (χ3n) is 3.64. The molecule has 0 aromatic heterocycles. The Balaban J connectivity index is 0. The summed E-state index contributed by atoms with van der Waals surface area (Å²) in [7, 11) is -3.45. The van der Waals surface area contributed by atoms with Crippen molar-refractivity contribution in [2.24, 2.45) is 0 Å². The molecule has 2 saturated heterocycles. The Kier molecular flexibility index (Phi) is 17.1. The predicted molar refractivity (Wildman–Crippen MR) is 135 cm³/mol. The second kappa shape index (κ2) is 16.2. The van der Waals surface area contributed by atoms with Crippen LogP contribution in [-0.2, 0) is 46.0 Å². The van der Waals surface area contributed by atoms with Gasteiger partial charge in [-0.3, -0.25) is 8.98 Å². The van der Waals surface area contributed by atoms with Crippen LogP contribution in [-0.4, -0.2) is 95.6 Å². The maximum Gasteiger partial charge on any atom is 1.00 e. The van der Waals surface area contributed by atoms with E-state index in [1.807, 2.05) is 20.8 Å². The van der Waals surface area contributed by atoms with Crippen LogP contribution in [0.2, 0.25) is 0 Å². The summed E-state index contributed by atoms with van der Waals surface area (Å²) in [6.07, 6.45) is -0.186. The summed E-state index contributed by atoms with van der Waals surface area (Å²) in [6, 6.07) is 0. The normalized spacial score (nSPS) is 15.9. The van der Waals surface area contributed by atoms with Crippen molar-refractivity contribution in [1.82, 2.24) is 9.80 Å². The number of hydrogen-bond donors (Lipinski definition) is 0. The summed E-state index contributed by atoms with van der Waals surface area (Å²) in [5.74, 6) is 0. The molecule has 0 spiro atoms. The van der Waals surface area contributed by atoms with E-state index in [1.165, 1.54) is 23.6 Å². The SMILES string of the molecule is CC(=O)SC1CN(C(=O)OC(C)(C)C)C1.CC(=O)[S-].CC(C)(C)OC(=O)N1CC(OS(C)(=O)=O)C1.[K+]. The molecule has 0 atom stereocenters. The molecule has 2 amide bonds. The molecule has 0 aromatic carbocycles. The van der Waals surface area contributed by atoms with Crippen LogP contribution in [0.15, 0.2) is 0 Å². The van der Waals surface area contributed by atoms with Crippen molar-refractivity contribution in [2.75, 3.05) is 32.4 Å². The van der Waals surface area contributed by atoms with Crippen molar-refractivity contribution in [2.45, 2.75) is 77.9 Å². The molecule has 0 saturated carbocycles. The Labute approximate surface area is 267 Å². The van der Waals surface area contributed by atoms with E-state index in [-0.39, 0.29) is 86.0 Å². The topological polar surface area (TPSA) is 137 Å². The second-order valence-electron chi connectivity index (χ2n) is 9.92. The first-order valence-electron chi connectivity index (χ1n) is 10.8. The van der Waals surface area contributed by atoms with E-state index in [0.717, 1.165) is 6.26 Å². The van der Waals surface area contributed by atoms with Gasteiger partial charge in [-0.25, -0.2) is 9.59 Å². The fourth-order valence-corrected chi connectivity index (χ4v) is 4.04. The third-order valence-corrected chi connectivity index (χ3v) is 5.23. The van der Waals surface area contributed by atoms with Crippen molar-refractivity contribution in [3.8, 4) is 0 Å². The fourth-order valence-electron chi connectivity index (χ4n) is 2.44. The molecule has 0 N–H and O–H groups in total. The first-order chi connectivity index (χ1) is 15.6. The van der Waals surface area contributed by atoms with Crippen molar-refractivity contribution in [3.63, 3.8) is 0 Å². The minimum Gasteiger partial charge on any atom is -0.742 e. The summed E-state index contributed by atoms with van der Waals surface area (Å²) >= 11 is 5.27. The van der Waals surface area contributed by atoms with Gasteiger partial charge >= 0.3 is 63.6 Å². The maximum atomic E-state index is 11.5. The summed E-state index contributed by atoms with van der Waals surface area (Å²) in [4.78, 5) is 46.0. The van der Waals surface area contributed by atoms with Gasteiger partial charge in [0.1, 0.15) is 17.3 Å². The average molecular weight is 597 g/mol. The number of carbonyl (C=O) groups is 4. The van der Waals surface area contributed by atoms with E-state index < -0.39 is 33.5 Å². The van der Waals surface area contributed by atoms with Gasteiger partial charge in [0.2, 0.25) is 0 Å². The minimum atomic E-state index is -3.45. The monoisotopic (exact) mass is 596 g/mol. The Morgan fingerprint density at radius 1 is 0.833 bits per heavy atom. The summed E-state index contributed by atoms with van der Waals surface area (Å²) in [5, 5.41) is 0.0962. The van der Waals surface area contributed by atoms with Crippen LogP contribution in [0.1, 0.15) is 55.4 Å². The van der Waals surface area contributed by atoms with Crippen molar-refractivity contribution in [1.29, 1.82) is 0 Å². The number of likely N-dealkylation sites (tertiary alicyclic amines) is 2. The zero-order chi connectivity index (χ0) is 27.8.